The van der Waals surface area contributed by atoms with E-state index in [1.807, 2.05) is 0 Å². The van der Waals surface area contributed by atoms with E-state index in [-0.39, 0.29) is 5.56 Å². The number of nitrogens with zero attached hydrogens (tertiary/aromatic N) is 1. The molecule has 4 nitrogen and oxygen atoms in total. The summed E-state index contributed by atoms with van der Waals surface area (Å²) in [7, 11) is 0. The Labute approximate surface area is 175 Å². The van der Waals surface area contributed by atoms with Crippen molar-refractivity contribution in [2.75, 3.05) is 0 Å². The standard InChI is InChI=1S/C19H5F10NO3/c20-7-8(21)10(23)14(11(24)9(7)22)31-18(29)15(27)12(25)13(26)16(28)19(18)32-17(30-33-19)6-4-2-1-3-5-6/h1-5H. The summed E-state index contributed by atoms with van der Waals surface area (Å²) in [5.74, 6) is -37.6. The molecule has 14 heteroatoms. The highest BCUT2D eigenvalue weighted by Gasteiger charge is 2.75. The van der Waals surface area contributed by atoms with E-state index in [0.29, 0.717) is 0 Å². The summed E-state index contributed by atoms with van der Waals surface area (Å²) in [6, 6.07) is 6.60. The summed E-state index contributed by atoms with van der Waals surface area (Å²) in [4.78, 5) is 4.35. The van der Waals surface area contributed by atoms with Gasteiger partial charge >= 0.3 is 11.6 Å². The first kappa shape index (κ1) is 22.5. The average molecular weight is 485 g/mol. The first-order valence-electron chi connectivity index (χ1n) is 8.48. The average Bonchev–Trinajstić information content (AvgIpc) is 3.29. The summed E-state index contributed by atoms with van der Waals surface area (Å²) in [5, 5.41) is 3.08. The minimum Gasteiger partial charge on any atom is -0.439 e. The highest BCUT2D eigenvalue weighted by molar-refractivity contribution is 5.94. The monoisotopic (exact) mass is 485 g/mol. The molecule has 0 bridgehead atoms. The molecule has 33 heavy (non-hydrogen) atoms. The number of halogens is 10. The number of hydrogen-bond donors (Lipinski definition) is 0. The van der Waals surface area contributed by atoms with Gasteiger partial charge < -0.3 is 14.3 Å². The zero-order valence-corrected chi connectivity index (χ0v) is 15.3. The highest BCUT2D eigenvalue weighted by atomic mass is 19.2. The third-order valence-corrected chi connectivity index (χ3v) is 4.50. The normalized spacial score (nSPS) is 24.7. The van der Waals surface area contributed by atoms with Crippen LogP contribution >= 0.6 is 0 Å². The zero-order chi connectivity index (χ0) is 24.3. The fourth-order valence-corrected chi connectivity index (χ4v) is 2.87. The van der Waals surface area contributed by atoms with Crippen LogP contribution in [0, 0.1) is 29.1 Å². The molecule has 2 aromatic rings. The Morgan fingerprint density at radius 2 is 1.21 bits per heavy atom. The maximum absolute atomic E-state index is 15.8. The fraction of sp³-hybridized carbons (Fsp3) is 0.105. The number of hydrogen-bond acceptors (Lipinski definition) is 4. The number of oxime groups is 1. The van der Waals surface area contributed by atoms with Gasteiger partial charge in [0, 0.05) is 5.56 Å². The van der Waals surface area contributed by atoms with Gasteiger partial charge in [0.05, 0.1) is 0 Å². The van der Waals surface area contributed by atoms with E-state index >= 15 is 4.39 Å². The molecule has 1 spiro atoms. The molecule has 0 radical (unpaired) electrons. The summed E-state index contributed by atoms with van der Waals surface area (Å²) in [6.45, 7) is 0. The van der Waals surface area contributed by atoms with Crippen LogP contribution in [-0.4, -0.2) is 17.5 Å². The van der Waals surface area contributed by atoms with Crippen molar-refractivity contribution in [3.8, 4) is 5.75 Å². The Balaban J connectivity index is 1.89. The first-order chi connectivity index (χ1) is 15.5. The fourth-order valence-electron chi connectivity index (χ4n) is 2.87. The second kappa shape index (κ2) is 7.42. The van der Waals surface area contributed by atoms with Gasteiger partial charge in [-0.15, -0.1) is 0 Å². The van der Waals surface area contributed by atoms with Gasteiger partial charge in [0.15, 0.2) is 0 Å². The van der Waals surface area contributed by atoms with Crippen LogP contribution in [0.5, 0.6) is 5.75 Å². The molecule has 2 aromatic carbocycles. The Morgan fingerprint density at radius 1 is 0.697 bits per heavy atom. The van der Waals surface area contributed by atoms with Crippen molar-refractivity contribution >= 4 is 5.90 Å². The lowest BCUT2D eigenvalue weighted by Gasteiger charge is -2.38. The van der Waals surface area contributed by atoms with Crippen LogP contribution in [0.15, 0.2) is 58.8 Å². The predicted molar refractivity (Wildman–Crippen MR) is 87.1 cm³/mol. The molecule has 2 aliphatic rings. The first-order valence-corrected chi connectivity index (χ1v) is 8.48. The Bertz CT molecular complexity index is 1230. The summed E-state index contributed by atoms with van der Waals surface area (Å²) >= 11 is 0. The van der Waals surface area contributed by atoms with Crippen LogP contribution in [0.2, 0.25) is 0 Å². The van der Waals surface area contributed by atoms with E-state index < -0.39 is 75.7 Å². The molecule has 1 aliphatic heterocycles. The zero-order valence-electron chi connectivity index (χ0n) is 15.3. The topological polar surface area (TPSA) is 40.0 Å². The Kier molecular flexibility index (Phi) is 5.05. The molecule has 0 amide bonds. The van der Waals surface area contributed by atoms with Gasteiger partial charge in [0.1, 0.15) is 0 Å². The van der Waals surface area contributed by atoms with E-state index in [0.717, 1.165) is 0 Å². The SMILES string of the molecule is FC1=C(F)C(F)(Oc2c(F)c(F)c(F)c(F)c2F)C2(ON=C(c3ccccc3)O2)C(F)=C1F. The van der Waals surface area contributed by atoms with Crippen molar-refractivity contribution < 1.29 is 58.2 Å². The second-order valence-electron chi connectivity index (χ2n) is 6.42. The summed E-state index contributed by atoms with van der Waals surface area (Å²) in [5.41, 5.74) is -0.114. The second-order valence-corrected chi connectivity index (χ2v) is 6.42. The van der Waals surface area contributed by atoms with Crippen LogP contribution < -0.4 is 4.74 Å². The number of ether oxygens (including phenoxy) is 2. The van der Waals surface area contributed by atoms with Crippen molar-refractivity contribution in [3.05, 3.63) is 88.3 Å². The maximum Gasteiger partial charge on any atom is 0.410 e. The lowest BCUT2D eigenvalue weighted by molar-refractivity contribution is -0.289. The molecule has 0 saturated carbocycles. The van der Waals surface area contributed by atoms with Gasteiger partial charge in [0.2, 0.25) is 58.1 Å². The molecular formula is C19H5F10NO3. The number of rotatable bonds is 3. The predicted octanol–water partition coefficient (Wildman–Crippen LogP) is 5.85. The van der Waals surface area contributed by atoms with Gasteiger partial charge in [-0.25, -0.2) is 26.3 Å². The lowest BCUT2D eigenvalue weighted by atomic mass is 9.97. The minimum atomic E-state index is -5.02. The van der Waals surface area contributed by atoms with Crippen LogP contribution in [0.25, 0.3) is 0 Å². The molecule has 2 atom stereocenters. The number of allylic oxidation sites excluding steroid dienone is 2. The van der Waals surface area contributed by atoms with E-state index in [1.165, 1.54) is 30.3 Å². The molecule has 2 unspecified atom stereocenters. The molecule has 1 aliphatic carbocycles. The van der Waals surface area contributed by atoms with Gasteiger partial charge in [-0.05, 0) is 17.3 Å². The molecule has 0 N–H and O–H groups in total. The number of alkyl halides is 1. The van der Waals surface area contributed by atoms with Crippen molar-refractivity contribution in [1.82, 2.24) is 0 Å². The minimum absolute atomic E-state index is 0.114. The van der Waals surface area contributed by atoms with Gasteiger partial charge in [-0.2, -0.15) is 17.6 Å². The van der Waals surface area contributed by atoms with Crippen molar-refractivity contribution in [2.24, 2.45) is 5.16 Å². The molecule has 0 saturated heterocycles. The summed E-state index contributed by atoms with van der Waals surface area (Å²) < 4.78 is 150. The quantitative estimate of drug-likeness (QED) is 0.312. The van der Waals surface area contributed by atoms with Crippen molar-refractivity contribution in [3.63, 3.8) is 0 Å². The largest absolute Gasteiger partial charge is 0.439 e. The Hall–Kier alpha value is -3.71. The molecule has 0 fully saturated rings. The third-order valence-electron chi connectivity index (χ3n) is 4.50. The van der Waals surface area contributed by atoms with Crippen LogP contribution in [-0.2, 0) is 9.57 Å². The van der Waals surface area contributed by atoms with Gasteiger partial charge in [-0.1, -0.05) is 18.2 Å². The Morgan fingerprint density at radius 3 is 1.79 bits per heavy atom. The summed E-state index contributed by atoms with van der Waals surface area (Å²) in [6.07, 6.45) is 0. The van der Waals surface area contributed by atoms with Crippen molar-refractivity contribution in [2.45, 2.75) is 11.6 Å². The third kappa shape index (κ3) is 2.96. The van der Waals surface area contributed by atoms with E-state index in [4.69, 9.17) is 4.74 Å². The van der Waals surface area contributed by atoms with Crippen LogP contribution in [0.3, 0.4) is 0 Å². The smallest absolute Gasteiger partial charge is 0.410 e. The lowest BCUT2D eigenvalue weighted by Crippen LogP contribution is -2.60. The molecule has 0 aromatic heterocycles. The highest BCUT2D eigenvalue weighted by Crippen LogP contribution is 2.54. The van der Waals surface area contributed by atoms with Gasteiger partial charge in [0.25, 0.3) is 5.90 Å². The van der Waals surface area contributed by atoms with E-state index in [2.05, 4.69) is 14.7 Å². The molecule has 174 valence electrons. The van der Waals surface area contributed by atoms with E-state index in [9.17, 15) is 39.5 Å². The van der Waals surface area contributed by atoms with Crippen LogP contribution in [0.4, 0.5) is 43.9 Å². The van der Waals surface area contributed by atoms with Gasteiger partial charge in [-0.3, -0.25) is 0 Å². The number of benzene rings is 2. The maximum atomic E-state index is 15.8. The van der Waals surface area contributed by atoms with Crippen LogP contribution in [0.1, 0.15) is 5.56 Å². The molecule has 1 heterocycles. The molecular weight excluding hydrogens is 480 g/mol. The van der Waals surface area contributed by atoms with E-state index in [1.54, 1.807) is 0 Å². The van der Waals surface area contributed by atoms with Crippen molar-refractivity contribution in [1.29, 1.82) is 0 Å². The molecule has 4 rings (SSSR count).